The van der Waals surface area contributed by atoms with Crippen molar-refractivity contribution in [2.75, 3.05) is 5.32 Å². The molecule has 1 aromatic heterocycles. The Kier molecular flexibility index (Phi) is 3.91. The zero-order chi connectivity index (χ0) is 15.4. The second kappa shape index (κ2) is 6.17. The summed E-state index contributed by atoms with van der Waals surface area (Å²) in [5.74, 6) is -0.280. The fourth-order valence-corrected chi connectivity index (χ4v) is 1.91. The van der Waals surface area contributed by atoms with Crippen LogP contribution in [-0.2, 0) is 6.42 Å². The molecule has 0 saturated heterocycles. The van der Waals surface area contributed by atoms with E-state index < -0.39 is 0 Å². The van der Waals surface area contributed by atoms with Crippen molar-refractivity contribution in [2.24, 2.45) is 0 Å². The number of amides is 1. The maximum atomic E-state index is 12.8. The Labute approximate surface area is 125 Å². The quantitative estimate of drug-likeness (QED) is 0.803. The van der Waals surface area contributed by atoms with Crippen LogP contribution < -0.4 is 5.32 Å². The number of carbonyl (C=O) groups excluding carboxylic acids is 1. The number of hydrogen-bond donors (Lipinski definition) is 1. The van der Waals surface area contributed by atoms with Gasteiger partial charge in [0.25, 0.3) is 5.91 Å². The summed E-state index contributed by atoms with van der Waals surface area (Å²) >= 11 is 0. The van der Waals surface area contributed by atoms with Gasteiger partial charge in [-0.3, -0.25) is 10.1 Å². The van der Waals surface area contributed by atoms with Gasteiger partial charge in [-0.2, -0.15) is 0 Å². The average Bonchev–Trinajstić information content (AvgIpc) is 2.97. The number of rotatable bonds is 4. The van der Waals surface area contributed by atoms with Gasteiger partial charge in [0.05, 0.1) is 6.42 Å². The van der Waals surface area contributed by atoms with E-state index in [0.29, 0.717) is 17.9 Å². The van der Waals surface area contributed by atoms with E-state index in [4.69, 9.17) is 4.42 Å². The highest BCUT2D eigenvalue weighted by Gasteiger charge is 2.11. The minimum atomic E-state index is -0.322. The maximum Gasteiger partial charge on any atom is 0.322 e. The monoisotopic (exact) mass is 297 g/mol. The number of halogens is 1. The van der Waals surface area contributed by atoms with Crippen molar-refractivity contribution in [3.8, 4) is 0 Å². The highest BCUT2D eigenvalue weighted by atomic mass is 19.1. The molecule has 0 aliphatic carbocycles. The lowest BCUT2D eigenvalue weighted by molar-refractivity contribution is 0.102. The fourth-order valence-electron chi connectivity index (χ4n) is 1.91. The molecule has 5 nitrogen and oxygen atoms in total. The molecule has 110 valence electrons. The van der Waals surface area contributed by atoms with Crippen molar-refractivity contribution in [1.82, 2.24) is 10.2 Å². The first-order chi connectivity index (χ1) is 10.7. The molecule has 0 aliphatic heterocycles. The van der Waals surface area contributed by atoms with Crippen molar-refractivity contribution in [3.05, 3.63) is 77.4 Å². The standard InChI is InChI=1S/C16H12FN3O2/c17-13-8-6-11(7-9-13)10-14-19-20-16(22-14)18-15(21)12-4-2-1-3-5-12/h1-9H,10H2,(H,18,20,21). The molecule has 2 aromatic carbocycles. The summed E-state index contributed by atoms with van der Waals surface area (Å²) in [6.07, 6.45) is 0.370. The van der Waals surface area contributed by atoms with Crippen LogP contribution in [0.5, 0.6) is 0 Å². The predicted molar refractivity (Wildman–Crippen MR) is 77.9 cm³/mol. The highest BCUT2D eigenvalue weighted by Crippen LogP contribution is 2.13. The van der Waals surface area contributed by atoms with Gasteiger partial charge in [0, 0.05) is 5.56 Å². The van der Waals surface area contributed by atoms with E-state index in [-0.39, 0.29) is 17.7 Å². The third-order valence-corrected chi connectivity index (χ3v) is 2.99. The zero-order valence-corrected chi connectivity index (χ0v) is 11.5. The topological polar surface area (TPSA) is 68.0 Å². The Balaban J connectivity index is 1.66. The maximum absolute atomic E-state index is 12.8. The molecule has 0 atom stereocenters. The van der Waals surface area contributed by atoms with Crippen LogP contribution in [0.1, 0.15) is 21.8 Å². The van der Waals surface area contributed by atoms with Gasteiger partial charge in [-0.15, -0.1) is 5.10 Å². The minimum Gasteiger partial charge on any atom is -0.407 e. The SMILES string of the molecule is O=C(Nc1nnc(Cc2ccc(F)cc2)o1)c1ccccc1. The summed E-state index contributed by atoms with van der Waals surface area (Å²) in [6.45, 7) is 0. The molecule has 0 spiro atoms. The fraction of sp³-hybridized carbons (Fsp3) is 0.0625. The Morgan fingerprint density at radius 1 is 1.05 bits per heavy atom. The van der Waals surface area contributed by atoms with Crippen molar-refractivity contribution < 1.29 is 13.6 Å². The van der Waals surface area contributed by atoms with E-state index in [0.717, 1.165) is 5.56 Å². The molecule has 0 fully saturated rings. The summed E-state index contributed by atoms with van der Waals surface area (Å²) in [5.41, 5.74) is 1.34. The summed E-state index contributed by atoms with van der Waals surface area (Å²) in [7, 11) is 0. The van der Waals surface area contributed by atoms with Gasteiger partial charge in [-0.25, -0.2) is 4.39 Å². The van der Waals surface area contributed by atoms with Crippen molar-refractivity contribution in [3.63, 3.8) is 0 Å². The van der Waals surface area contributed by atoms with Gasteiger partial charge >= 0.3 is 6.01 Å². The van der Waals surface area contributed by atoms with Crippen LogP contribution in [0, 0.1) is 5.82 Å². The molecule has 0 aliphatic rings. The molecule has 0 radical (unpaired) electrons. The number of carbonyl (C=O) groups is 1. The van der Waals surface area contributed by atoms with Gasteiger partial charge in [0.2, 0.25) is 5.89 Å². The zero-order valence-electron chi connectivity index (χ0n) is 11.5. The van der Waals surface area contributed by atoms with Crippen LogP contribution in [0.25, 0.3) is 0 Å². The largest absolute Gasteiger partial charge is 0.407 e. The molecule has 1 N–H and O–H groups in total. The highest BCUT2D eigenvalue weighted by molar-refractivity contribution is 6.02. The molecule has 0 unspecified atom stereocenters. The number of hydrogen-bond acceptors (Lipinski definition) is 4. The summed E-state index contributed by atoms with van der Waals surface area (Å²) in [4.78, 5) is 11.9. The van der Waals surface area contributed by atoms with Crippen molar-refractivity contribution >= 4 is 11.9 Å². The van der Waals surface area contributed by atoms with E-state index in [1.807, 2.05) is 6.07 Å². The number of benzene rings is 2. The Bertz CT molecular complexity index is 770. The Morgan fingerprint density at radius 2 is 1.77 bits per heavy atom. The first-order valence-electron chi connectivity index (χ1n) is 6.64. The van der Waals surface area contributed by atoms with Crippen LogP contribution >= 0.6 is 0 Å². The molecule has 1 heterocycles. The van der Waals surface area contributed by atoms with Gasteiger partial charge in [0.1, 0.15) is 5.82 Å². The van der Waals surface area contributed by atoms with Crippen LogP contribution in [-0.4, -0.2) is 16.1 Å². The number of aromatic nitrogens is 2. The Hall–Kier alpha value is -3.02. The molecule has 0 bridgehead atoms. The first kappa shape index (κ1) is 13.9. The summed E-state index contributed by atoms with van der Waals surface area (Å²) in [6, 6.07) is 14.8. The van der Waals surface area contributed by atoms with Gasteiger partial charge < -0.3 is 4.42 Å². The molecular formula is C16H12FN3O2. The molecular weight excluding hydrogens is 285 g/mol. The van der Waals surface area contributed by atoms with Crippen LogP contribution in [0.4, 0.5) is 10.4 Å². The van der Waals surface area contributed by atoms with Gasteiger partial charge in [0.15, 0.2) is 0 Å². The molecule has 1 amide bonds. The molecule has 3 rings (SSSR count). The van der Waals surface area contributed by atoms with Crippen molar-refractivity contribution in [2.45, 2.75) is 6.42 Å². The average molecular weight is 297 g/mol. The first-order valence-corrected chi connectivity index (χ1v) is 6.64. The number of anilines is 1. The minimum absolute atomic E-state index is 0.0333. The number of nitrogens with one attached hydrogen (secondary N) is 1. The second-order valence-corrected chi connectivity index (χ2v) is 4.62. The lowest BCUT2D eigenvalue weighted by Gasteiger charge is -1.99. The second-order valence-electron chi connectivity index (χ2n) is 4.62. The van der Waals surface area contributed by atoms with Crippen LogP contribution in [0.2, 0.25) is 0 Å². The lowest BCUT2D eigenvalue weighted by atomic mass is 10.1. The number of nitrogens with zero attached hydrogens (tertiary/aromatic N) is 2. The van der Waals surface area contributed by atoms with E-state index in [9.17, 15) is 9.18 Å². The summed E-state index contributed by atoms with van der Waals surface area (Å²) in [5, 5.41) is 10.2. The predicted octanol–water partition coefficient (Wildman–Crippen LogP) is 3.05. The van der Waals surface area contributed by atoms with E-state index in [1.54, 1.807) is 36.4 Å². The van der Waals surface area contributed by atoms with Gasteiger partial charge in [-0.05, 0) is 29.8 Å². The third kappa shape index (κ3) is 3.35. The molecule has 0 saturated carbocycles. The van der Waals surface area contributed by atoms with E-state index in [2.05, 4.69) is 15.5 Å². The van der Waals surface area contributed by atoms with E-state index >= 15 is 0 Å². The van der Waals surface area contributed by atoms with Crippen molar-refractivity contribution in [1.29, 1.82) is 0 Å². The Morgan fingerprint density at radius 3 is 2.50 bits per heavy atom. The molecule has 6 heteroatoms. The lowest BCUT2D eigenvalue weighted by Crippen LogP contribution is -2.11. The summed E-state index contributed by atoms with van der Waals surface area (Å²) < 4.78 is 18.2. The van der Waals surface area contributed by atoms with Crippen LogP contribution in [0.3, 0.4) is 0 Å². The van der Waals surface area contributed by atoms with Gasteiger partial charge in [-0.1, -0.05) is 35.4 Å². The smallest absolute Gasteiger partial charge is 0.322 e. The normalized spacial score (nSPS) is 10.4. The van der Waals surface area contributed by atoms with Crippen LogP contribution in [0.15, 0.2) is 59.0 Å². The molecule has 3 aromatic rings. The molecule has 22 heavy (non-hydrogen) atoms. The van der Waals surface area contributed by atoms with E-state index in [1.165, 1.54) is 12.1 Å². The third-order valence-electron chi connectivity index (χ3n) is 2.99.